The van der Waals surface area contributed by atoms with E-state index < -0.39 is 10.0 Å². The third-order valence-corrected chi connectivity index (χ3v) is 5.83. The second-order valence-electron chi connectivity index (χ2n) is 5.64. The Kier molecular flexibility index (Phi) is 4.76. The molecule has 1 aliphatic carbocycles. The summed E-state index contributed by atoms with van der Waals surface area (Å²) in [5.74, 6) is 0.359. The highest BCUT2D eigenvalue weighted by Crippen LogP contribution is 2.37. The van der Waals surface area contributed by atoms with Crippen LogP contribution in [0.2, 0.25) is 0 Å². The standard InChI is InChI=1S/C14H20BrNO3S/c1-14(7-3-4-8-14)10-16-20(17,18)13-9-11(15)5-6-12(13)19-2/h5-6,9,16H,3-4,7-8,10H2,1-2H3. The molecule has 4 nitrogen and oxygen atoms in total. The van der Waals surface area contributed by atoms with Crippen LogP contribution in [0.4, 0.5) is 0 Å². The zero-order chi connectivity index (χ0) is 14.8. The number of halogens is 1. The molecule has 0 bridgehead atoms. The van der Waals surface area contributed by atoms with Gasteiger partial charge in [0.25, 0.3) is 0 Å². The van der Waals surface area contributed by atoms with Gasteiger partial charge in [0.05, 0.1) is 7.11 Å². The summed E-state index contributed by atoms with van der Waals surface area (Å²) in [5, 5.41) is 0. The number of rotatable bonds is 5. The van der Waals surface area contributed by atoms with E-state index in [1.54, 1.807) is 18.2 Å². The molecule has 1 N–H and O–H groups in total. The third kappa shape index (κ3) is 3.54. The van der Waals surface area contributed by atoms with Crippen LogP contribution in [0.3, 0.4) is 0 Å². The molecule has 0 amide bonds. The first-order valence-corrected chi connectivity index (χ1v) is 8.97. The monoisotopic (exact) mass is 361 g/mol. The maximum Gasteiger partial charge on any atom is 0.244 e. The Morgan fingerprint density at radius 1 is 1.35 bits per heavy atom. The van der Waals surface area contributed by atoms with Crippen LogP contribution < -0.4 is 9.46 Å². The maximum atomic E-state index is 12.5. The molecule has 0 aliphatic heterocycles. The Morgan fingerprint density at radius 2 is 2.00 bits per heavy atom. The fourth-order valence-corrected chi connectivity index (χ4v) is 4.52. The summed E-state index contributed by atoms with van der Waals surface area (Å²) in [7, 11) is -2.08. The molecule has 6 heteroatoms. The van der Waals surface area contributed by atoms with Crippen LogP contribution in [-0.4, -0.2) is 22.1 Å². The van der Waals surface area contributed by atoms with Gasteiger partial charge in [-0.3, -0.25) is 0 Å². The van der Waals surface area contributed by atoms with Crippen molar-refractivity contribution >= 4 is 26.0 Å². The van der Waals surface area contributed by atoms with E-state index in [9.17, 15) is 8.42 Å². The van der Waals surface area contributed by atoms with E-state index in [1.165, 1.54) is 20.0 Å². The SMILES string of the molecule is COc1ccc(Br)cc1S(=O)(=O)NCC1(C)CCCC1. The lowest BCUT2D eigenvalue weighted by atomic mass is 9.89. The molecule has 20 heavy (non-hydrogen) atoms. The minimum absolute atomic E-state index is 0.0757. The average Bonchev–Trinajstić information content (AvgIpc) is 2.84. The Morgan fingerprint density at radius 3 is 2.60 bits per heavy atom. The number of ether oxygens (including phenoxy) is 1. The molecule has 112 valence electrons. The van der Waals surface area contributed by atoms with Crippen molar-refractivity contribution in [3.05, 3.63) is 22.7 Å². The minimum atomic E-state index is -3.56. The van der Waals surface area contributed by atoms with Crippen molar-refractivity contribution in [2.75, 3.05) is 13.7 Å². The topological polar surface area (TPSA) is 55.4 Å². The Hall–Kier alpha value is -0.590. The zero-order valence-corrected chi connectivity index (χ0v) is 14.2. The summed E-state index contributed by atoms with van der Waals surface area (Å²) < 4.78 is 33.5. The van der Waals surface area contributed by atoms with Crippen LogP contribution in [0.25, 0.3) is 0 Å². The van der Waals surface area contributed by atoms with Crippen LogP contribution in [0.15, 0.2) is 27.6 Å². The summed E-state index contributed by atoms with van der Waals surface area (Å²) >= 11 is 3.30. The number of hydrogen-bond donors (Lipinski definition) is 1. The molecule has 0 heterocycles. The van der Waals surface area contributed by atoms with E-state index in [1.807, 2.05) is 0 Å². The van der Waals surface area contributed by atoms with Gasteiger partial charge < -0.3 is 4.74 Å². The average molecular weight is 362 g/mol. The zero-order valence-electron chi connectivity index (χ0n) is 11.8. The molecule has 0 aromatic heterocycles. The number of benzene rings is 1. The van der Waals surface area contributed by atoms with E-state index in [4.69, 9.17) is 4.74 Å². The van der Waals surface area contributed by atoms with Gasteiger partial charge in [0.15, 0.2) is 0 Å². The highest BCUT2D eigenvalue weighted by Gasteiger charge is 2.31. The number of sulfonamides is 1. The molecule has 1 aromatic rings. The molecule has 1 aliphatic rings. The van der Waals surface area contributed by atoms with Crippen molar-refractivity contribution in [2.45, 2.75) is 37.5 Å². The molecule has 0 radical (unpaired) electrons. The van der Waals surface area contributed by atoms with Gasteiger partial charge in [0, 0.05) is 11.0 Å². The summed E-state index contributed by atoms with van der Waals surface area (Å²) in [4.78, 5) is 0.177. The number of methoxy groups -OCH3 is 1. The van der Waals surface area contributed by atoms with Crippen LogP contribution in [0.1, 0.15) is 32.6 Å². The molecule has 1 fully saturated rings. The van der Waals surface area contributed by atoms with E-state index in [-0.39, 0.29) is 10.3 Å². The lowest BCUT2D eigenvalue weighted by molar-refractivity contribution is 0.335. The highest BCUT2D eigenvalue weighted by molar-refractivity contribution is 9.10. The fourth-order valence-electron chi connectivity index (χ4n) is 2.61. The van der Waals surface area contributed by atoms with Gasteiger partial charge in [0.1, 0.15) is 10.6 Å². The van der Waals surface area contributed by atoms with Crippen LogP contribution in [0, 0.1) is 5.41 Å². The summed E-state index contributed by atoms with van der Waals surface area (Å²) in [6, 6.07) is 4.98. The van der Waals surface area contributed by atoms with Gasteiger partial charge in [-0.1, -0.05) is 35.7 Å². The Balaban J connectivity index is 2.20. The molecular formula is C14H20BrNO3S. The normalized spacial score (nSPS) is 18.1. The summed E-state index contributed by atoms with van der Waals surface area (Å²) in [6.45, 7) is 2.62. The molecule has 1 saturated carbocycles. The molecule has 2 rings (SSSR count). The van der Waals surface area contributed by atoms with Crippen molar-refractivity contribution in [2.24, 2.45) is 5.41 Å². The summed E-state index contributed by atoms with van der Waals surface area (Å²) in [5.41, 5.74) is 0.0757. The molecular weight excluding hydrogens is 342 g/mol. The summed E-state index contributed by atoms with van der Waals surface area (Å²) in [6.07, 6.45) is 4.51. The van der Waals surface area contributed by atoms with Gasteiger partial charge in [-0.15, -0.1) is 0 Å². The fraction of sp³-hybridized carbons (Fsp3) is 0.571. The van der Waals surface area contributed by atoms with E-state index >= 15 is 0 Å². The van der Waals surface area contributed by atoms with Crippen LogP contribution >= 0.6 is 15.9 Å². The van der Waals surface area contributed by atoms with E-state index in [0.717, 1.165) is 12.8 Å². The van der Waals surface area contributed by atoms with E-state index in [0.29, 0.717) is 16.8 Å². The van der Waals surface area contributed by atoms with Crippen molar-refractivity contribution < 1.29 is 13.2 Å². The largest absolute Gasteiger partial charge is 0.495 e. The van der Waals surface area contributed by atoms with Crippen molar-refractivity contribution in [1.82, 2.24) is 4.72 Å². The molecule has 0 unspecified atom stereocenters. The number of hydrogen-bond acceptors (Lipinski definition) is 3. The van der Waals surface area contributed by atoms with Gasteiger partial charge in [0.2, 0.25) is 10.0 Å². The molecule has 0 atom stereocenters. The second-order valence-corrected chi connectivity index (χ2v) is 8.29. The van der Waals surface area contributed by atoms with Gasteiger partial charge in [-0.25, -0.2) is 13.1 Å². The minimum Gasteiger partial charge on any atom is -0.495 e. The molecule has 0 spiro atoms. The second kappa shape index (κ2) is 6.03. The van der Waals surface area contributed by atoms with Crippen molar-refractivity contribution in [1.29, 1.82) is 0 Å². The lowest BCUT2D eigenvalue weighted by Crippen LogP contribution is -2.34. The molecule has 0 saturated heterocycles. The van der Waals surface area contributed by atoms with Crippen LogP contribution in [-0.2, 0) is 10.0 Å². The maximum absolute atomic E-state index is 12.5. The van der Waals surface area contributed by atoms with E-state index in [2.05, 4.69) is 27.6 Å². The van der Waals surface area contributed by atoms with Gasteiger partial charge >= 0.3 is 0 Å². The first-order chi connectivity index (χ1) is 9.36. The predicted molar refractivity (Wildman–Crippen MR) is 82.5 cm³/mol. The first kappa shape index (κ1) is 15.8. The lowest BCUT2D eigenvalue weighted by Gasteiger charge is -2.23. The quantitative estimate of drug-likeness (QED) is 0.874. The third-order valence-electron chi connectivity index (χ3n) is 3.91. The molecule has 1 aromatic carbocycles. The van der Waals surface area contributed by atoms with Crippen LogP contribution in [0.5, 0.6) is 5.75 Å². The number of nitrogens with one attached hydrogen (secondary N) is 1. The smallest absolute Gasteiger partial charge is 0.244 e. The van der Waals surface area contributed by atoms with Crippen molar-refractivity contribution in [3.8, 4) is 5.75 Å². The predicted octanol–water partition coefficient (Wildman–Crippen LogP) is 3.32. The van der Waals surface area contributed by atoms with Crippen molar-refractivity contribution in [3.63, 3.8) is 0 Å². The Bertz CT molecular complexity index is 580. The first-order valence-electron chi connectivity index (χ1n) is 6.70. The highest BCUT2D eigenvalue weighted by atomic mass is 79.9. The Labute approximate surface area is 129 Å². The van der Waals surface area contributed by atoms with Gasteiger partial charge in [-0.05, 0) is 36.5 Å². The van der Waals surface area contributed by atoms with Gasteiger partial charge in [-0.2, -0.15) is 0 Å².